The number of aryl methyl sites for hydroxylation is 1. The number of aromatic nitrogens is 2. The van der Waals surface area contributed by atoms with E-state index in [1.54, 1.807) is 34.9 Å². The zero-order valence-electron chi connectivity index (χ0n) is 13.4. The molecule has 1 N–H and O–H groups in total. The number of fused-ring (bicyclic) bond motifs is 1. The third-order valence-corrected chi connectivity index (χ3v) is 3.87. The van der Waals surface area contributed by atoms with Crippen molar-refractivity contribution in [2.75, 3.05) is 0 Å². The van der Waals surface area contributed by atoms with E-state index in [1.165, 1.54) is 0 Å². The molecule has 2 aromatic carbocycles. The van der Waals surface area contributed by atoms with Crippen molar-refractivity contribution >= 4 is 16.9 Å². The molecule has 5 nitrogen and oxygen atoms in total. The van der Waals surface area contributed by atoms with Gasteiger partial charge >= 0.3 is 5.97 Å². The number of rotatable bonds is 5. The fraction of sp³-hybridized carbons (Fsp3) is 0.211. The van der Waals surface area contributed by atoms with Gasteiger partial charge in [0.15, 0.2) is 0 Å². The van der Waals surface area contributed by atoms with Crippen LogP contribution in [0.5, 0.6) is 0 Å². The summed E-state index contributed by atoms with van der Waals surface area (Å²) in [7, 11) is 0. The summed E-state index contributed by atoms with van der Waals surface area (Å²) in [5.41, 5.74) is 2.00. The third-order valence-electron chi connectivity index (χ3n) is 3.87. The Balaban J connectivity index is 2.16. The molecule has 0 saturated carbocycles. The number of carboxylic acid groups (broad SMARTS) is 1. The van der Waals surface area contributed by atoms with Gasteiger partial charge in [-0.2, -0.15) is 0 Å². The van der Waals surface area contributed by atoms with Gasteiger partial charge in [0, 0.05) is 6.42 Å². The molecule has 0 fully saturated rings. The van der Waals surface area contributed by atoms with Gasteiger partial charge in [-0.05, 0) is 36.2 Å². The van der Waals surface area contributed by atoms with E-state index in [9.17, 15) is 9.59 Å². The Labute approximate surface area is 139 Å². The van der Waals surface area contributed by atoms with Crippen molar-refractivity contribution in [1.29, 1.82) is 0 Å². The molecule has 3 rings (SSSR count). The van der Waals surface area contributed by atoms with Crippen molar-refractivity contribution in [3.8, 4) is 5.69 Å². The van der Waals surface area contributed by atoms with Crippen molar-refractivity contribution in [1.82, 2.24) is 9.55 Å². The number of carboxylic acids is 1. The smallest absolute Gasteiger partial charge is 0.307 e. The molecule has 122 valence electrons. The summed E-state index contributed by atoms with van der Waals surface area (Å²) in [6.07, 6.45) is 1.53. The van der Waals surface area contributed by atoms with Crippen LogP contribution in [0.15, 0.2) is 53.3 Å². The average molecular weight is 322 g/mol. The second-order valence-electron chi connectivity index (χ2n) is 5.67. The van der Waals surface area contributed by atoms with Crippen LogP contribution in [0.25, 0.3) is 16.6 Å². The maximum absolute atomic E-state index is 12.9. The molecule has 0 spiro atoms. The van der Waals surface area contributed by atoms with E-state index in [0.29, 0.717) is 34.4 Å². The van der Waals surface area contributed by atoms with Crippen LogP contribution in [-0.4, -0.2) is 20.6 Å². The average Bonchev–Trinajstić information content (AvgIpc) is 2.56. The standard InChI is InChI=1S/C19H18N2O3/c1-2-5-17-20-16-7-4-3-6-15(16)19(24)21(17)14-10-8-13(9-11-14)12-18(22)23/h3-4,6-11H,2,5,12H2,1H3,(H,22,23). The molecule has 5 heteroatoms. The van der Waals surface area contributed by atoms with E-state index in [4.69, 9.17) is 5.11 Å². The Hall–Kier alpha value is -2.95. The molecule has 1 aromatic heterocycles. The molecule has 0 aliphatic carbocycles. The molecular formula is C19H18N2O3. The first-order chi connectivity index (χ1) is 11.6. The van der Waals surface area contributed by atoms with Crippen molar-refractivity contribution in [2.45, 2.75) is 26.2 Å². The van der Waals surface area contributed by atoms with Crippen LogP contribution in [0, 0.1) is 0 Å². The highest BCUT2D eigenvalue weighted by atomic mass is 16.4. The number of para-hydroxylation sites is 1. The van der Waals surface area contributed by atoms with Gasteiger partial charge in [-0.1, -0.05) is 31.2 Å². The van der Waals surface area contributed by atoms with E-state index in [2.05, 4.69) is 4.98 Å². The van der Waals surface area contributed by atoms with Gasteiger partial charge in [0.2, 0.25) is 0 Å². The molecule has 0 unspecified atom stereocenters. The molecule has 1 heterocycles. The Bertz CT molecular complexity index is 943. The lowest BCUT2D eigenvalue weighted by Crippen LogP contribution is -2.24. The SMILES string of the molecule is CCCc1nc2ccccc2c(=O)n1-c1ccc(CC(=O)O)cc1. The lowest BCUT2D eigenvalue weighted by atomic mass is 10.1. The van der Waals surface area contributed by atoms with E-state index in [1.807, 2.05) is 25.1 Å². The number of hydrogen-bond donors (Lipinski definition) is 1. The number of aliphatic carboxylic acids is 1. The quantitative estimate of drug-likeness (QED) is 0.784. The number of carbonyl (C=O) groups is 1. The van der Waals surface area contributed by atoms with Gasteiger partial charge in [0.1, 0.15) is 5.82 Å². The van der Waals surface area contributed by atoms with Gasteiger partial charge in [0.05, 0.1) is 23.0 Å². The second kappa shape index (κ2) is 6.66. The normalized spacial score (nSPS) is 10.9. The molecule has 24 heavy (non-hydrogen) atoms. The third kappa shape index (κ3) is 3.06. The summed E-state index contributed by atoms with van der Waals surface area (Å²) >= 11 is 0. The van der Waals surface area contributed by atoms with Crippen LogP contribution in [0.3, 0.4) is 0 Å². The molecule has 0 aliphatic rings. The van der Waals surface area contributed by atoms with Crippen molar-refractivity contribution in [3.63, 3.8) is 0 Å². The topological polar surface area (TPSA) is 72.2 Å². The minimum atomic E-state index is -0.876. The molecular weight excluding hydrogens is 304 g/mol. The predicted molar refractivity (Wildman–Crippen MR) is 92.7 cm³/mol. The highest BCUT2D eigenvalue weighted by molar-refractivity contribution is 5.77. The molecule has 0 atom stereocenters. The molecule has 0 aliphatic heterocycles. The fourth-order valence-corrected chi connectivity index (χ4v) is 2.77. The summed E-state index contributed by atoms with van der Waals surface area (Å²) in [5, 5.41) is 9.44. The Kier molecular flexibility index (Phi) is 4.42. The van der Waals surface area contributed by atoms with Gasteiger partial charge in [-0.3, -0.25) is 14.2 Å². The van der Waals surface area contributed by atoms with Gasteiger partial charge in [0.25, 0.3) is 5.56 Å². The van der Waals surface area contributed by atoms with Crippen molar-refractivity contribution in [2.24, 2.45) is 0 Å². The van der Waals surface area contributed by atoms with Gasteiger partial charge in [-0.25, -0.2) is 4.98 Å². The molecule has 0 saturated heterocycles. The van der Waals surface area contributed by atoms with Gasteiger partial charge in [-0.15, -0.1) is 0 Å². The highest BCUT2D eigenvalue weighted by Gasteiger charge is 2.12. The maximum atomic E-state index is 12.9. The first-order valence-corrected chi connectivity index (χ1v) is 7.92. The Morgan fingerprint density at radius 2 is 1.83 bits per heavy atom. The molecule has 0 bridgehead atoms. The predicted octanol–water partition coefficient (Wildman–Crippen LogP) is 2.97. The molecule has 0 radical (unpaired) electrons. The summed E-state index contributed by atoms with van der Waals surface area (Å²) in [4.78, 5) is 28.4. The largest absolute Gasteiger partial charge is 0.481 e. The van der Waals surface area contributed by atoms with Crippen LogP contribution in [0.4, 0.5) is 0 Å². The number of hydrogen-bond acceptors (Lipinski definition) is 3. The number of nitrogens with zero attached hydrogens (tertiary/aromatic N) is 2. The van der Waals surface area contributed by atoms with Crippen molar-refractivity contribution in [3.05, 3.63) is 70.3 Å². The van der Waals surface area contributed by atoms with E-state index < -0.39 is 5.97 Å². The lowest BCUT2D eigenvalue weighted by Gasteiger charge is -2.13. The maximum Gasteiger partial charge on any atom is 0.307 e. The van der Waals surface area contributed by atoms with E-state index >= 15 is 0 Å². The zero-order chi connectivity index (χ0) is 17.1. The lowest BCUT2D eigenvalue weighted by molar-refractivity contribution is -0.136. The summed E-state index contributed by atoms with van der Waals surface area (Å²) < 4.78 is 1.62. The number of benzene rings is 2. The Morgan fingerprint density at radius 1 is 1.12 bits per heavy atom. The van der Waals surface area contributed by atoms with Crippen LogP contribution < -0.4 is 5.56 Å². The molecule has 0 amide bonds. The Morgan fingerprint density at radius 3 is 2.50 bits per heavy atom. The minimum absolute atomic E-state index is 0.0348. The zero-order valence-corrected chi connectivity index (χ0v) is 13.4. The van der Waals surface area contributed by atoms with Crippen LogP contribution in [0.2, 0.25) is 0 Å². The van der Waals surface area contributed by atoms with Crippen LogP contribution in [0.1, 0.15) is 24.7 Å². The summed E-state index contributed by atoms with van der Waals surface area (Å²) in [5.74, 6) is -0.161. The van der Waals surface area contributed by atoms with E-state index in [-0.39, 0.29) is 12.0 Å². The first kappa shape index (κ1) is 15.9. The second-order valence-corrected chi connectivity index (χ2v) is 5.67. The fourth-order valence-electron chi connectivity index (χ4n) is 2.77. The highest BCUT2D eigenvalue weighted by Crippen LogP contribution is 2.15. The summed E-state index contributed by atoms with van der Waals surface area (Å²) in [6, 6.07) is 14.3. The van der Waals surface area contributed by atoms with Crippen LogP contribution >= 0.6 is 0 Å². The first-order valence-electron chi connectivity index (χ1n) is 7.92. The van der Waals surface area contributed by atoms with Crippen LogP contribution in [-0.2, 0) is 17.6 Å². The van der Waals surface area contributed by atoms with Crippen molar-refractivity contribution < 1.29 is 9.90 Å². The molecule has 3 aromatic rings. The monoisotopic (exact) mass is 322 g/mol. The summed E-state index contributed by atoms with van der Waals surface area (Å²) in [6.45, 7) is 2.04. The van der Waals surface area contributed by atoms with E-state index in [0.717, 1.165) is 6.42 Å². The minimum Gasteiger partial charge on any atom is -0.481 e. The van der Waals surface area contributed by atoms with Gasteiger partial charge < -0.3 is 5.11 Å².